The molecule has 1 aliphatic heterocycles. The Morgan fingerprint density at radius 3 is 2.92 bits per heavy atom. The molecule has 0 atom stereocenters. The normalized spacial score (nSPS) is 15.3. The highest BCUT2D eigenvalue weighted by atomic mass is 19.4. The monoisotopic (exact) mass is 366 g/mol. The summed E-state index contributed by atoms with van der Waals surface area (Å²) in [4.78, 5) is 19.6. The lowest BCUT2D eigenvalue weighted by molar-refractivity contribution is -0.118. The molecule has 2 N–H and O–H groups in total. The van der Waals surface area contributed by atoms with E-state index in [1.807, 2.05) is 6.08 Å². The van der Waals surface area contributed by atoms with Crippen LogP contribution in [0.3, 0.4) is 0 Å². The number of H-pyrrole nitrogens is 1. The van der Waals surface area contributed by atoms with Crippen LogP contribution in [0.4, 0.5) is 23.7 Å². The summed E-state index contributed by atoms with van der Waals surface area (Å²) in [5.41, 5.74) is 2.37. The zero-order valence-electron chi connectivity index (χ0n) is 13.9. The van der Waals surface area contributed by atoms with Crippen molar-refractivity contribution in [1.82, 2.24) is 15.3 Å². The van der Waals surface area contributed by atoms with E-state index in [1.165, 1.54) is 19.2 Å². The van der Waals surface area contributed by atoms with Crippen LogP contribution in [0.5, 0.6) is 5.75 Å². The fraction of sp³-hybridized carbons (Fsp3) is 0.294. The van der Waals surface area contributed by atoms with Crippen molar-refractivity contribution in [3.05, 3.63) is 42.0 Å². The van der Waals surface area contributed by atoms with E-state index in [4.69, 9.17) is 4.74 Å². The number of carbonyl (C=O) groups excluding carboxylic acids is 1. The van der Waals surface area contributed by atoms with Gasteiger partial charge in [0.05, 0.1) is 18.6 Å². The van der Waals surface area contributed by atoms with Gasteiger partial charge in [0, 0.05) is 30.9 Å². The van der Waals surface area contributed by atoms with Crippen LogP contribution >= 0.6 is 0 Å². The summed E-state index contributed by atoms with van der Waals surface area (Å²) in [6.07, 6.45) is 1.16. The molecule has 0 fully saturated rings. The molecule has 1 aromatic heterocycles. The van der Waals surface area contributed by atoms with Gasteiger partial charge in [-0.3, -0.25) is 4.90 Å². The summed E-state index contributed by atoms with van der Waals surface area (Å²) in [7, 11) is 1.29. The summed E-state index contributed by atoms with van der Waals surface area (Å²) >= 11 is 0. The molecule has 1 aliphatic rings. The third-order valence-corrected chi connectivity index (χ3v) is 3.89. The Morgan fingerprint density at radius 2 is 2.27 bits per heavy atom. The lowest BCUT2D eigenvalue weighted by Crippen LogP contribution is -2.43. The summed E-state index contributed by atoms with van der Waals surface area (Å²) in [5.74, 6) is 0.561. The van der Waals surface area contributed by atoms with Crippen molar-refractivity contribution in [2.24, 2.45) is 0 Å². The van der Waals surface area contributed by atoms with E-state index in [9.17, 15) is 18.0 Å². The standard InChI is InChI=1S/C17H17F3N4O2/c1-21-16(25)24(9-17(18,19)20)13-2-3-15-14(7-13)11(4-5-26-15)6-12-8-22-10-23-12/h2-3,6-8,10H,4-5,9H2,1H3,(H,21,25)(H,22,23)/b11-6+. The molecule has 0 bridgehead atoms. The molecule has 0 unspecified atom stereocenters. The van der Waals surface area contributed by atoms with E-state index in [2.05, 4.69) is 15.3 Å². The number of amides is 2. The smallest absolute Gasteiger partial charge is 0.406 e. The molecule has 138 valence electrons. The van der Waals surface area contributed by atoms with Gasteiger partial charge in [-0.2, -0.15) is 13.2 Å². The van der Waals surface area contributed by atoms with E-state index in [0.717, 1.165) is 5.57 Å². The molecule has 0 aliphatic carbocycles. The number of imidazole rings is 1. The molecular weight excluding hydrogens is 349 g/mol. The van der Waals surface area contributed by atoms with Gasteiger partial charge in [0.1, 0.15) is 12.3 Å². The average Bonchev–Trinajstić information content (AvgIpc) is 3.11. The van der Waals surface area contributed by atoms with Crippen LogP contribution in [0.15, 0.2) is 30.7 Å². The predicted molar refractivity (Wildman–Crippen MR) is 90.9 cm³/mol. The van der Waals surface area contributed by atoms with Crippen LogP contribution in [-0.2, 0) is 0 Å². The Hall–Kier alpha value is -2.97. The average molecular weight is 366 g/mol. The fourth-order valence-electron chi connectivity index (χ4n) is 2.74. The number of alkyl halides is 3. The van der Waals surface area contributed by atoms with Gasteiger partial charge in [-0.15, -0.1) is 0 Å². The summed E-state index contributed by atoms with van der Waals surface area (Å²) in [5, 5.41) is 2.24. The van der Waals surface area contributed by atoms with Crippen molar-refractivity contribution in [1.29, 1.82) is 0 Å². The van der Waals surface area contributed by atoms with Crippen LogP contribution < -0.4 is 15.0 Å². The SMILES string of the molecule is CNC(=O)N(CC(F)(F)F)c1ccc2c(c1)/C(=C/c1c[nH]cn1)CCO2. The van der Waals surface area contributed by atoms with Gasteiger partial charge in [-0.1, -0.05) is 0 Å². The van der Waals surface area contributed by atoms with Crippen LogP contribution in [0.2, 0.25) is 0 Å². The molecule has 3 rings (SSSR count). The number of aromatic nitrogens is 2. The first kappa shape index (κ1) is 17.8. The Bertz CT molecular complexity index is 816. The quantitative estimate of drug-likeness (QED) is 0.874. The number of halogens is 3. The molecule has 0 saturated carbocycles. The molecule has 0 spiro atoms. The van der Waals surface area contributed by atoms with E-state index in [-0.39, 0.29) is 5.69 Å². The third kappa shape index (κ3) is 3.98. The van der Waals surface area contributed by atoms with E-state index in [1.54, 1.807) is 18.6 Å². The number of urea groups is 1. The molecule has 9 heteroatoms. The number of ether oxygens (including phenoxy) is 1. The van der Waals surface area contributed by atoms with Crippen molar-refractivity contribution in [2.45, 2.75) is 12.6 Å². The highest BCUT2D eigenvalue weighted by molar-refractivity contribution is 5.93. The lowest BCUT2D eigenvalue weighted by atomic mass is 9.98. The number of fused-ring (bicyclic) bond motifs is 1. The first-order valence-corrected chi connectivity index (χ1v) is 7.90. The minimum absolute atomic E-state index is 0.138. The minimum Gasteiger partial charge on any atom is -0.493 e. The van der Waals surface area contributed by atoms with Crippen molar-refractivity contribution in [3.63, 3.8) is 0 Å². The third-order valence-electron chi connectivity index (χ3n) is 3.89. The summed E-state index contributed by atoms with van der Waals surface area (Å²) in [6.45, 7) is -0.922. The number of nitrogens with zero attached hydrogens (tertiary/aromatic N) is 2. The van der Waals surface area contributed by atoms with Crippen molar-refractivity contribution < 1.29 is 22.7 Å². The number of aromatic amines is 1. The Balaban J connectivity index is 2.01. The second-order valence-corrected chi connectivity index (χ2v) is 5.70. The number of hydrogen-bond donors (Lipinski definition) is 2. The van der Waals surface area contributed by atoms with Crippen LogP contribution in [0.25, 0.3) is 11.6 Å². The van der Waals surface area contributed by atoms with Crippen molar-refractivity contribution in [3.8, 4) is 5.75 Å². The molecule has 2 aromatic rings. The first-order chi connectivity index (χ1) is 12.4. The number of carbonyl (C=O) groups is 1. The topological polar surface area (TPSA) is 70.2 Å². The Kier molecular flexibility index (Phi) is 4.88. The maximum Gasteiger partial charge on any atom is 0.406 e. The largest absolute Gasteiger partial charge is 0.493 e. The Labute approximate surface area is 147 Å². The number of hydrogen-bond acceptors (Lipinski definition) is 3. The fourth-order valence-corrected chi connectivity index (χ4v) is 2.74. The molecule has 2 heterocycles. The Morgan fingerprint density at radius 1 is 1.46 bits per heavy atom. The highest BCUT2D eigenvalue weighted by Gasteiger charge is 2.34. The number of benzene rings is 1. The minimum atomic E-state index is -4.52. The molecule has 2 amide bonds. The maximum absolute atomic E-state index is 12.9. The number of nitrogens with one attached hydrogen (secondary N) is 2. The van der Waals surface area contributed by atoms with Gasteiger partial charge in [-0.25, -0.2) is 9.78 Å². The second-order valence-electron chi connectivity index (χ2n) is 5.70. The van der Waals surface area contributed by atoms with Crippen molar-refractivity contribution >= 4 is 23.4 Å². The van der Waals surface area contributed by atoms with Gasteiger partial charge >= 0.3 is 12.2 Å². The van der Waals surface area contributed by atoms with Crippen molar-refractivity contribution in [2.75, 3.05) is 25.1 Å². The van der Waals surface area contributed by atoms with Gasteiger partial charge in [0.25, 0.3) is 0 Å². The first-order valence-electron chi connectivity index (χ1n) is 7.90. The number of rotatable bonds is 3. The van der Waals surface area contributed by atoms with Gasteiger partial charge in [-0.05, 0) is 29.8 Å². The summed E-state index contributed by atoms with van der Waals surface area (Å²) in [6, 6.07) is 3.72. The van der Waals surface area contributed by atoms with Gasteiger partial charge < -0.3 is 15.0 Å². The lowest BCUT2D eigenvalue weighted by Gasteiger charge is -2.26. The molecule has 1 aromatic carbocycles. The van der Waals surface area contributed by atoms with Crippen LogP contribution in [0.1, 0.15) is 17.7 Å². The molecule has 6 nitrogen and oxygen atoms in total. The predicted octanol–water partition coefficient (Wildman–Crippen LogP) is 3.44. The zero-order chi connectivity index (χ0) is 18.7. The van der Waals surface area contributed by atoms with Crippen LogP contribution in [-0.4, -0.2) is 42.4 Å². The molecular formula is C17H17F3N4O2. The van der Waals surface area contributed by atoms with Gasteiger partial charge in [0.2, 0.25) is 0 Å². The van der Waals surface area contributed by atoms with Crippen LogP contribution in [0, 0.1) is 0 Å². The molecule has 0 radical (unpaired) electrons. The molecule has 0 saturated heterocycles. The molecule has 26 heavy (non-hydrogen) atoms. The van der Waals surface area contributed by atoms with E-state index >= 15 is 0 Å². The van der Waals surface area contributed by atoms with E-state index < -0.39 is 18.8 Å². The summed E-state index contributed by atoms with van der Waals surface area (Å²) < 4.78 is 44.2. The zero-order valence-corrected chi connectivity index (χ0v) is 13.9. The number of anilines is 1. The maximum atomic E-state index is 12.9. The highest BCUT2D eigenvalue weighted by Crippen LogP contribution is 2.37. The second kappa shape index (κ2) is 7.11. The van der Waals surface area contributed by atoms with Gasteiger partial charge in [0.15, 0.2) is 0 Å². The van der Waals surface area contributed by atoms with E-state index in [0.29, 0.717) is 34.9 Å².